The second-order valence-electron chi connectivity index (χ2n) is 2.51. The van der Waals surface area contributed by atoms with E-state index in [1.54, 1.807) is 0 Å². The molecule has 0 aliphatic carbocycles. The molecule has 0 radical (unpaired) electrons. The zero-order valence-electron chi connectivity index (χ0n) is 8.08. The first-order valence-electron chi connectivity index (χ1n) is 3.79. The summed E-state index contributed by atoms with van der Waals surface area (Å²) in [6.45, 7) is 0. The van der Waals surface area contributed by atoms with Gasteiger partial charge >= 0.3 is 7.82 Å². The van der Waals surface area contributed by atoms with Crippen molar-refractivity contribution in [3.63, 3.8) is 0 Å². The summed E-state index contributed by atoms with van der Waals surface area (Å²) in [6, 6.07) is 0. The van der Waals surface area contributed by atoms with Crippen LogP contribution in [0.5, 0.6) is 0 Å². The van der Waals surface area contributed by atoms with E-state index < -0.39 is 17.7 Å². The monoisotopic (exact) mass is 318 g/mol. The van der Waals surface area contributed by atoms with Crippen LogP contribution in [0.1, 0.15) is 6.42 Å². The van der Waals surface area contributed by atoms with Gasteiger partial charge in [0.1, 0.15) is 0 Å². The largest absolute Gasteiger partial charge is 0.474 e. The Balaban J connectivity index is 4.39. The van der Waals surface area contributed by atoms with Crippen molar-refractivity contribution >= 4 is 54.2 Å². The fraction of sp³-hybridized carbons (Fsp3) is 1.00. The molecule has 0 saturated carbocycles. The van der Waals surface area contributed by atoms with Crippen LogP contribution < -0.4 is 0 Å². The van der Waals surface area contributed by atoms with Gasteiger partial charge in [-0.25, -0.2) is 4.57 Å². The summed E-state index contributed by atoms with van der Waals surface area (Å²) in [5.74, 6) is 0.00458. The first-order valence-corrected chi connectivity index (χ1v) is 6.92. The van der Waals surface area contributed by atoms with E-state index in [-0.39, 0.29) is 12.3 Å². The summed E-state index contributed by atoms with van der Waals surface area (Å²) < 4.78 is 24.1. The van der Waals surface area contributed by atoms with E-state index in [4.69, 9.17) is 50.9 Å². The smallest absolute Gasteiger partial charge is 0.290 e. The Morgan fingerprint density at radius 2 is 1.73 bits per heavy atom. The fourth-order valence-corrected chi connectivity index (χ4v) is 2.33. The van der Waals surface area contributed by atoms with Gasteiger partial charge in [-0.2, -0.15) is 0 Å². The Hall–Kier alpha value is 1.27. The highest BCUT2D eigenvalue weighted by Crippen LogP contribution is 2.50. The highest BCUT2D eigenvalue weighted by molar-refractivity contribution is 7.48. The molecule has 0 rings (SSSR count). The molecule has 0 heterocycles. The lowest BCUT2D eigenvalue weighted by atomic mass is 10.3. The number of hydrogen-bond donors (Lipinski definition) is 0. The summed E-state index contributed by atoms with van der Waals surface area (Å²) in [5.41, 5.74) is 0. The highest BCUT2D eigenvalue weighted by atomic mass is 35.6. The van der Waals surface area contributed by atoms with Crippen LogP contribution in [0.3, 0.4) is 0 Å². The zero-order chi connectivity index (χ0) is 12.1. The third-order valence-corrected chi connectivity index (χ3v) is 3.61. The molecule has 92 valence electrons. The number of alkyl halides is 4. The minimum atomic E-state index is -3.60. The van der Waals surface area contributed by atoms with Crippen LogP contribution in [0.15, 0.2) is 0 Å². The Morgan fingerprint density at radius 3 is 2.00 bits per heavy atom. The summed E-state index contributed by atoms with van der Waals surface area (Å²) in [7, 11) is -1.23. The van der Waals surface area contributed by atoms with Gasteiger partial charge < -0.3 is 0 Å². The quantitative estimate of drug-likeness (QED) is 0.552. The second kappa shape index (κ2) is 6.87. The topological polar surface area (TPSA) is 44.8 Å². The molecule has 0 bridgehead atoms. The van der Waals surface area contributed by atoms with Crippen LogP contribution in [0.4, 0.5) is 0 Å². The molecule has 15 heavy (non-hydrogen) atoms. The highest BCUT2D eigenvalue weighted by Gasteiger charge is 2.33. The fourth-order valence-electron chi connectivity index (χ4n) is 0.721. The van der Waals surface area contributed by atoms with Crippen molar-refractivity contribution in [3.8, 4) is 0 Å². The summed E-state index contributed by atoms with van der Waals surface area (Å²) in [6.07, 6.45) is -0.748. The predicted molar refractivity (Wildman–Crippen MR) is 62.1 cm³/mol. The standard InChI is InChI=1S/C6H11Cl4O4P/c1-12-15(11,13-2)14-5(4-7)3-6(8,9)10/h5H,3-4H2,1-2H3. The Kier molecular flexibility index (Phi) is 7.46. The minimum absolute atomic E-state index is 0.00458. The van der Waals surface area contributed by atoms with Crippen molar-refractivity contribution in [2.75, 3.05) is 20.1 Å². The van der Waals surface area contributed by atoms with Gasteiger partial charge in [0.25, 0.3) is 0 Å². The molecule has 4 nitrogen and oxygen atoms in total. The van der Waals surface area contributed by atoms with Crippen molar-refractivity contribution in [3.05, 3.63) is 0 Å². The molecule has 0 N–H and O–H groups in total. The van der Waals surface area contributed by atoms with Crippen molar-refractivity contribution in [1.29, 1.82) is 0 Å². The summed E-state index contributed by atoms with van der Waals surface area (Å²) in [4.78, 5) is 0. The molecule has 0 amide bonds. The molecule has 0 aliphatic rings. The normalized spacial score (nSPS) is 15.3. The Labute approximate surface area is 109 Å². The van der Waals surface area contributed by atoms with E-state index in [1.807, 2.05) is 0 Å². The van der Waals surface area contributed by atoms with Crippen molar-refractivity contribution in [2.45, 2.75) is 16.3 Å². The molecule has 0 aromatic heterocycles. The van der Waals surface area contributed by atoms with Crippen LogP contribution in [0.25, 0.3) is 0 Å². The average Bonchev–Trinajstić information content (AvgIpc) is 2.14. The summed E-state index contributed by atoms with van der Waals surface area (Å²) >= 11 is 22.2. The van der Waals surface area contributed by atoms with E-state index in [2.05, 4.69) is 9.05 Å². The Bertz CT molecular complexity index is 224. The van der Waals surface area contributed by atoms with E-state index >= 15 is 0 Å². The van der Waals surface area contributed by atoms with Gasteiger partial charge in [-0.15, -0.1) is 11.6 Å². The molecular weight excluding hydrogens is 309 g/mol. The van der Waals surface area contributed by atoms with Gasteiger partial charge in [0.15, 0.2) is 3.79 Å². The van der Waals surface area contributed by atoms with Crippen LogP contribution in [-0.2, 0) is 18.1 Å². The van der Waals surface area contributed by atoms with Crippen molar-refractivity contribution in [2.24, 2.45) is 0 Å². The number of rotatable bonds is 6. The number of hydrogen-bond acceptors (Lipinski definition) is 4. The van der Waals surface area contributed by atoms with E-state index in [1.165, 1.54) is 14.2 Å². The maximum absolute atomic E-state index is 11.6. The van der Waals surface area contributed by atoms with Crippen molar-refractivity contribution in [1.82, 2.24) is 0 Å². The Morgan fingerprint density at radius 1 is 1.27 bits per heavy atom. The summed E-state index contributed by atoms with van der Waals surface area (Å²) in [5, 5.41) is 0. The van der Waals surface area contributed by atoms with Gasteiger partial charge in [-0.1, -0.05) is 34.8 Å². The molecule has 1 unspecified atom stereocenters. The number of halogens is 4. The SMILES string of the molecule is COP(=O)(OC)OC(CCl)CC(Cl)(Cl)Cl. The number of phosphoric ester groups is 1. The third kappa shape index (κ3) is 7.24. The van der Waals surface area contributed by atoms with E-state index in [0.29, 0.717) is 0 Å². The lowest BCUT2D eigenvalue weighted by molar-refractivity contribution is 0.111. The molecular formula is C6H11Cl4O4P. The maximum atomic E-state index is 11.6. The second-order valence-corrected chi connectivity index (χ2v) is 7.17. The first kappa shape index (κ1) is 16.3. The number of phosphoric acid groups is 1. The van der Waals surface area contributed by atoms with Gasteiger partial charge in [0.05, 0.1) is 6.10 Å². The van der Waals surface area contributed by atoms with Crippen LogP contribution >= 0.6 is 54.2 Å². The minimum Gasteiger partial charge on any atom is -0.290 e. The van der Waals surface area contributed by atoms with Crippen LogP contribution in [0.2, 0.25) is 0 Å². The average molecular weight is 320 g/mol. The van der Waals surface area contributed by atoms with Gasteiger partial charge in [-0.3, -0.25) is 13.6 Å². The lowest BCUT2D eigenvalue weighted by Crippen LogP contribution is -2.21. The lowest BCUT2D eigenvalue weighted by Gasteiger charge is -2.22. The predicted octanol–water partition coefficient (Wildman–Crippen LogP) is 3.77. The molecule has 9 heteroatoms. The van der Waals surface area contributed by atoms with E-state index in [0.717, 1.165) is 0 Å². The van der Waals surface area contributed by atoms with Crippen LogP contribution in [-0.4, -0.2) is 30.0 Å². The van der Waals surface area contributed by atoms with Crippen molar-refractivity contribution < 1.29 is 18.1 Å². The van der Waals surface area contributed by atoms with Gasteiger partial charge in [0.2, 0.25) is 0 Å². The molecule has 0 spiro atoms. The molecule has 0 saturated heterocycles. The first-order chi connectivity index (χ1) is 6.76. The third-order valence-electron chi connectivity index (χ3n) is 1.36. The molecule has 0 aliphatic heterocycles. The zero-order valence-corrected chi connectivity index (χ0v) is 12.0. The maximum Gasteiger partial charge on any atom is 0.474 e. The molecule has 0 aromatic carbocycles. The molecule has 1 atom stereocenters. The molecule has 0 fully saturated rings. The van der Waals surface area contributed by atoms with E-state index in [9.17, 15) is 4.57 Å². The van der Waals surface area contributed by atoms with Gasteiger partial charge in [0, 0.05) is 26.5 Å². The van der Waals surface area contributed by atoms with Crippen LogP contribution in [0, 0.1) is 0 Å². The van der Waals surface area contributed by atoms with Gasteiger partial charge in [-0.05, 0) is 0 Å². The molecule has 0 aromatic rings.